The van der Waals surface area contributed by atoms with Crippen LogP contribution in [0, 0.1) is 0 Å². The van der Waals surface area contributed by atoms with Gasteiger partial charge in [0.25, 0.3) is 0 Å². The van der Waals surface area contributed by atoms with Crippen LogP contribution >= 0.6 is 0 Å². The lowest BCUT2D eigenvalue weighted by atomic mass is 10.1. The van der Waals surface area contributed by atoms with Crippen LogP contribution in [0.15, 0.2) is 73.4 Å². The molecule has 2 aromatic carbocycles. The zero-order chi connectivity index (χ0) is 32.7. The number of alkyl halides is 3. The minimum absolute atomic E-state index is 0.204. The van der Waals surface area contributed by atoms with E-state index in [9.17, 15) is 13.2 Å². The molecule has 4 heterocycles. The molecule has 0 aliphatic heterocycles. The molecular weight excluding hydrogens is 609 g/mol. The Morgan fingerprint density at radius 1 is 0.979 bits per heavy atom. The molecule has 13 heteroatoms. The van der Waals surface area contributed by atoms with Crippen molar-refractivity contribution in [2.24, 2.45) is 0 Å². The highest BCUT2D eigenvalue weighted by Gasteiger charge is 2.35. The van der Waals surface area contributed by atoms with Crippen LogP contribution in [0.3, 0.4) is 0 Å². The van der Waals surface area contributed by atoms with Gasteiger partial charge in [-0.15, -0.1) is 0 Å². The predicted octanol–water partition coefficient (Wildman–Crippen LogP) is 7.26. The number of nitrogens with zero attached hydrogens (tertiary/aromatic N) is 8. The highest BCUT2D eigenvalue weighted by Crippen LogP contribution is 2.45. The van der Waals surface area contributed by atoms with Gasteiger partial charge >= 0.3 is 6.18 Å². The lowest BCUT2D eigenvalue weighted by molar-refractivity contribution is -0.140. The molecule has 240 valence electrons. The third-order valence-electron chi connectivity index (χ3n) is 8.06. The molecule has 1 aliphatic carbocycles. The molecule has 0 N–H and O–H groups in total. The van der Waals surface area contributed by atoms with E-state index in [1.54, 1.807) is 36.3 Å². The molecule has 7 rings (SSSR count). The van der Waals surface area contributed by atoms with Crippen LogP contribution < -0.4 is 9.47 Å². The summed E-state index contributed by atoms with van der Waals surface area (Å²) in [5.74, 6) is 1.86. The summed E-state index contributed by atoms with van der Waals surface area (Å²) >= 11 is 0. The van der Waals surface area contributed by atoms with Crippen LogP contribution in [-0.4, -0.2) is 46.4 Å². The maximum atomic E-state index is 13.7. The number of ether oxygens (including phenoxy) is 2. The first-order valence-electron chi connectivity index (χ1n) is 15.2. The number of fused-ring (bicyclic) bond motifs is 1. The SMILES string of the molecule is COc1ncnc(C2CC2)c1-c1ncc2cnn(Cc3ccc(-c4nc(C(F)(F)F)cn4C(C)C)cc3OCc3ccccc3)c2n1. The Morgan fingerprint density at radius 2 is 1.79 bits per heavy atom. The molecule has 0 bridgehead atoms. The van der Waals surface area contributed by atoms with Crippen molar-refractivity contribution in [3.63, 3.8) is 0 Å². The monoisotopic (exact) mass is 640 g/mol. The molecule has 0 radical (unpaired) electrons. The van der Waals surface area contributed by atoms with Gasteiger partial charge in [0.15, 0.2) is 17.2 Å². The van der Waals surface area contributed by atoms with E-state index in [1.165, 1.54) is 10.9 Å². The standard InChI is InChI=1S/C34H31F3N8O2/c1-20(2)44-17-27(34(35,36)37)42-31(44)23-11-12-24(26(13-23)47-18-21-7-5-4-6-8-21)16-45-32-25(15-41-45)14-38-30(43-32)28-29(22-9-10-22)39-19-40-33(28)46-3/h4-8,11-15,17,19-20,22H,9-10,16,18H2,1-3H3. The van der Waals surface area contributed by atoms with E-state index >= 15 is 0 Å². The van der Waals surface area contributed by atoms with Gasteiger partial charge in [0, 0.05) is 35.5 Å². The third-order valence-corrected chi connectivity index (χ3v) is 8.06. The highest BCUT2D eigenvalue weighted by atomic mass is 19.4. The molecule has 4 aromatic heterocycles. The van der Waals surface area contributed by atoms with Gasteiger partial charge in [0.1, 0.15) is 30.1 Å². The molecule has 0 unspecified atom stereocenters. The first-order valence-corrected chi connectivity index (χ1v) is 15.2. The van der Waals surface area contributed by atoms with E-state index in [0.29, 0.717) is 40.1 Å². The van der Waals surface area contributed by atoms with Gasteiger partial charge in [-0.2, -0.15) is 18.3 Å². The molecule has 1 saturated carbocycles. The fraction of sp³-hybridized carbons (Fsp3) is 0.294. The first kappa shape index (κ1) is 30.3. The molecule has 0 atom stereocenters. The van der Waals surface area contributed by atoms with Gasteiger partial charge in [-0.3, -0.25) is 0 Å². The molecule has 1 fully saturated rings. The van der Waals surface area contributed by atoms with Crippen molar-refractivity contribution >= 4 is 11.0 Å². The average molecular weight is 641 g/mol. The number of imidazole rings is 1. The summed E-state index contributed by atoms with van der Waals surface area (Å²) in [7, 11) is 1.56. The van der Waals surface area contributed by atoms with E-state index in [1.807, 2.05) is 50.2 Å². The Balaban J connectivity index is 1.28. The van der Waals surface area contributed by atoms with E-state index in [4.69, 9.17) is 14.5 Å². The number of hydrogen-bond donors (Lipinski definition) is 0. The quantitative estimate of drug-likeness (QED) is 0.154. The van der Waals surface area contributed by atoms with Crippen molar-refractivity contribution in [3.05, 3.63) is 96.0 Å². The number of aromatic nitrogens is 8. The highest BCUT2D eigenvalue weighted by molar-refractivity contribution is 5.77. The van der Waals surface area contributed by atoms with Crippen molar-refractivity contribution in [3.8, 4) is 34.4 Å². The van der Waals surface area contributed by atoms with Crippen LogP contribution in [0.4, 0.5) is 13.2 Å². The molecule has 1 aliphatic rings. The summed E-state index contributed by atoms with van der Waals surface area (Å²) < 4.78 is 56.1. The maximum Gasteiger partial charge on any atom is 0.434 e. The predicted molar refractivity (Wildman–Crippen MR) is 168 cm³/mol. The van der Waals surface area contributed by atoms with E-state index in [0.717, 1.165) is 41.2 Å². The average Bonchev–Trinajstić information content (AvgIpc) is 3.68. The Morgan fingerprint density at radius 3 is 2.51 bits per heavy atom. The number of halogens is 3. The smallest absolute Gasteiger partial charge is 0.434 e. The lowest BCUT2D eigenvalue weighted by Crippen LogP contribution is -2.08. The van der Waals surface area contributed by atoms with Crippen molar-refractivity contribution in [1.82, 2.24) is 39.3 Å². The minimum atomic E-state index is -4.57. The fourth-order valence-electron chi connectivity index (χ4n) is 5.51. The Bertz CT molecular complexity index is 2050. The molecule has 0 amide bonds. The Hall–Kier alpha value is -5.33. The first-order chi connectivity index (χ1) is 22.7. The molecule has 6 aromatic rings. The number of hydrogen-bond acceptors (Lipinski definition) is 8. The summed E-state index contributed by atoms with van der Waals surface area (Å²) in [4.78, 5) is 22.3. The van der Waals surface area contributed by atoms with Crippen molar-refractivity contribution < 1.29 is 22.6 Å². The fourth-order valence-corrected chi connectivity index (χ4v) is 5.51. The largest absolute Gasteiger partial charge is 0.489 e. The van der Waals surface area contributed by atoms with Gasteiger partial charge in [-0.1, -0.05) is 42.5 Å². The van der Waals surface area contributed by atoms with Crippen LogP contribution in [0.1, 0.15) is 61.2 Å². The molecule has 47 heavy (non-hydrogen) atoms. The second-order valence-electron chi connectivity index (χ2n) is 11.7. The summed E-state index contributed by atoms with van der Waals surface area (Å²) in [6, 6.07) is 14.7. The van der Waals surface area contributed by atoms with Crippen LogP contribution in [0.5, 0.6) is 11.6 Å². The maximum absolute atomic E-state index is 13.7. The van der Waals surface area contributed by atoms with E-state index < -0.39 is 11.9 Å². The van der Waals surface area contributed by atoms with Gasteiger partial charge in [-0.05, 0) is 38.3 Å². The summed E-state index contributed by atoms with van der Waals surface area (Å²) in [6.45, 7) is 4.16. The Labute approximate surface area is 268 Å². The zero-order valence-corrected chi connectivity index (χ0v) is 25.9. The Kier molecular flexibility index (Phi) is 7.82. The molecule has 10 nitrogen and oxygen atoms in total. The normalized spacial score (nSPS) is 13.4. The summed E-state index contributed by atoms with van der Waals surface area (Å²) in [6.07, 6.45) is 3.44. The second-order valence-corrected chi connectivity index (χ2v) is 11.7. The second kappa shape index (κ2) is 12.1. The van der Waals surface area contributed by atoms with Crippen molar-refractivity contribution in [1.29, 1.82) is 0 Å². The van der Waals surface area contributed by atoms with Crippen molar-refractivity contribution in [2.45, 2.75) is 58.0 Å². The van der Waals surface area contributed by atoms with Crippen LogP contribution in [0.25, 0.3) is 33.8 Å². The van der Waals surface area contributed by atoms with Crippen LogP contribution in [-0.2, 0) is 19.3 Å². The van der Waals surface area contributed by atoms with Gasteiger partial charge in [-0.25, -0.2) is 29.6 Å². The molecule has 0 spiro atoms. The zero-order valence-electron chi connectivity index (χ0n) is 25.9. The minimum Gasteiger partial charge on any atom is -0.489 e. The third kappa shape index (κ3) is 6.12. The number of rotatable bonds is 10. The lowest BCUT2D eigenvalue weighted by Gasteiger charge is -2.16. The van der Waals surface area contributed by atoms with Gasteiger partial charge in [0.05, 0.1) is 30.9 Å². The number of methoxy groups -OCH3 is 1. The van der Waals surface area contributed by atoms with E-state index in [-0.39, 0.29) is 25.0 Å². The molecule has 0 saturated heterocycles. The topological polar surface area (TPSA) is 106 Å². The summed E-state index contributed by atoms with van der Waals surface area (Å²) in [5, 5.41) is 5.34. The summed E-state index contributed by atoms with van der Waals surface area (Å²) in [5.41, 5.74) is 3.38. The van der Waals surface area contributed by atoms with E-state index in [2.05, 4.69) is 25.0 Å². The van der Waals surface area contributed by atoms with Crippen LogP contribution in [0.2, 0.25) is 0 Å². The van der Waals surface area contributed by atoms with Crippen molar-refractivity contribution in [2.75, 3.05) is 7.11 Å². The molecular formula is C34H31F3N8O2. The number of benzene rings is 2. The van der Waals surface area contributed by atoms with Gasteiger partial charge in [0.2, 0.25) is 5.88 Å². The van der Waals surface area contributed by atoms with Gasteiger partial charge < -0.3 is 14.0 Å².